The van der Waals surface area contributed by atoms with Gasteiger partial charge in [-0.05, 0) is 19.3 Å². The zero-order valence-corrected chi connectivity index (χ0v) is 10.3. The zero-order chi connectivity index (χ0) is 12.5. The summed E-state index contributed by atoms with van der Waals surface area (Å²) in [6.45, 7) is 7.57. The zero-order valence-electron chi connectivity index (χ0n) is 10.3. The maximum absolute atomic E-state index is 11.8. The second-order valence-electron chi connectivity index (χ2n) is 4.64. The van der Waals surface area contributed by atoms with Crippen molar-refractivity contribution in [1.82, 2.24) is 9.97 Å². The van der Waals surface area contributed by atoms with Gasteiger partial charge in [-0.25, -0.2) is 4.98 Å². The summed E-state index contributed by atoms with van der Waals surface area (Å²) in [4.78, 5) is 18.7. The molecule has 16 heavy (non-hydrogen) atoms. The first-order valence-corrected chi connectivity index (χ1v) is 5.48. The molecule has 0 aliphatic heterocycles. The van der Waals surface area contributed by atoms with E-state index in [0.29, 0.717) is 17.8 Å². The van der Waals surface area contributed by atoms with Gasteiger partial charge in [0.1, 0.15) is 11.6 Å². The van der Waals surface area contributed by atoms with Crippen LogP contribution in [0.1, 0.15) is 51.4 Å². The summed E-state index contributed by atoms with van der Waals surface area (Å²) in [5.41, 5.74) is 11.5. The summed E-state index contributed by atoms with van der Waals surface area (Å²) in [6.07, 6.45) is 0.677. The van der Waals surface area contributed by atoms with Crippen LogP contribution >= 0.6 is 0 Å². The van der Waals surface area contributed by atoms with Crippen LogP contribution in [0.5, 0.6) is 0 Å². The van der Waals surface area contributed by atoms with Crippen LogP contribution in [0.25, 0.3) is 0 Å². The van der Waals surface area contributed by atoms with Crippen LogP contribution in [-0.2, 0) is 5.54 Å². The molecule has 1 atom stereocenters. The van der Waals surface area contributed by atoms with Gasteiger partial charge in [-0.1, -0.05) is 20.8 Å². The highest BCUT2D eigenvalue weighted by Crippen LogP contribution is 2.20. The molecule has 5 N–H and O–H groups in total. The summed E-state index contributed by atoms with van der Waals surface area (Å²) in [6, 6.07) is 0. The molecule has 0 aromatic carbocycles. The van der Waals surface area contributed by atoms with E-state index >= 15 is 0 Å². The van der Waals surface area contributed by atoms with Crippen molar-refractivity contribution in [2.75, 3.05) is 5.73 Å². The predicted molar refractivity (Wildman–Crippen MR) is 65.2 cm³/mol. The molecule has 0 amide bonds. The van der Waals surface area contributed by atoms with Crippen molar-refractivity contribution in [3.8, 4) is 0 Å². The molecule has 90 valence electrons. The number of hydrogen-bond donors (Lipinski definition) is 3. The van der Waals surface area contributed by atoms with Gasteiger partial charge >= 0.3 is 0 Å². The van der Waals surface area contributed by atoms with Gasteiger partial charge in [0.05, 0.1) is 11.1 Å². The average molecular weight is 224 g/mol. The van der Waals surface area contributed by atoms with E-state index in [1.165, 1.54) is 0 Å². The molecular formula is C11H20N4O. The minimum Gasteiger partial charge on any atom is -0.383 e. The summed E-state index contributed by atoms with van der Waals surface area (Å²) >= 11 is 0. The Kier molecular flexibility index (Phi) is 3.38. The molecule has 0 aliphatic carbocycles. The van der Waals surface area contributed by atoms with Gasteiger partial charge in [0.25, 0.3) is 5.56 Å². The Bertz CT molecular complexity index is 434. The van der Waals surface area contributed by atoms with Gasteiger partial charge in [-0.15, -0.1) is 0 Å². The van der Waals surface area contributed by atoms with E-state index in [0.717, 1.165) is 0 Å². The molecule has 1 heterocycles. The van der Waals surface area contributed by atoms with Crippen molar-refractivity contribution >= 4 is 5.82 Å². The molecule has 5 nitrogen and oxygen atoms in total. The van der Waals surface area contributed by atoms with Crippen LogP contribution in [0.4, 0.5) is 5.82 Å². The smallest absolute Gasteiger partial charge is 0.256 e. The Balaban J connectivity index is 3.36. The van der Waals surface area contributed by atoms with Crippen molar-refractivity contribution in [2.45, 2.75) is 45.6 Å². The lowest BCUT2D eigenvalue weighted by molar-refractivity contribution is 0.443. The molecule has 0 radical (unpaired) electrons. The highest BCUT2D eigenvalue weighted by atomic mass is 16.1. The molecule has 1 unspecified atom stereocenters. The molecule has 5 heteroatoms. The van der Waals surface area contributed by atoms with E-state index in [9.17, 15) is 4.79 Å². The largest absolute Gasteiger partial charge is 0.383 e. The Morgan fingerprint density at radius 3 is 2.44 bits per heavy atom. The van der Waals surface area contributed by atoms with Crippen molar-refractivity contribution in [2.24, 2.45) is 5.73 Å². The predicted octanol–water partition coefficient (Wildman–Crippen LogP) is 1.06. The van der Waals surface area contributed by atoms with Crippen LogP contribution in [-0.4, -0.2) is 9.97 Å². The lowest BCUT2D eigenvalue weighted by Crippen LogP contribution is -2.37. The monoisotopic (exact) mass is 224 g/mol. The van der Waals surface area contributed by atoms with Gasteiger partial charge in [-0.2, -0.15) is 0 Å². The number of nitrogen functional groups attached to an aromatic ring is 1. The van der Waals surface area contributed by atoms with Gasteiger partial charge in [0.15, 0.2) is 0 Å². The van der Waals surface area contributed by atoms with E-state index in [-0.39, 0.29) is 17.3 Å². The second-order valence-corrected chi connectivity index (χ2v) is 4.64. The van der Waals surface area contributed by atoms with Crippen molar-refractivity contribution in [3.63, 3.8) is 0 Å². The third-order valence-corrected chi connectivity index (χ3v) is 2.84. The fraction of sp³-hybridized carbons (Fsp3) is 0.636. The van der Waals surface area contributed by atoms with Gasteiger partial charge < -0.3 is 16.5 Å². The number of nitrogens with two attached hydrogens (primary N) is 2. The molecule has 0 saturated carbocycles. The Hall–Kier alpha value is -1.36. The van der Waals surface area contributed by atoms with E-state index in [1.54, 1.807) is 0 Å². The second kappa shape index (κ2) is 4.25. The molecule has 0 spiro atoms. The highest BCUT2D eigenvalue weighted by molar-refractivity contribution is 5.40. The van der Waals surface area contributed by atoms with E-state index < -0.39 is 5.54 Å². The minimum absolute atomic E-state index is 0.0518. The van der Waals surface area contributed by atoms with E-state index in [1.807, 2.05) is 27.7 Å². The first-order valence-electron chi connectivity index (χ1n) is 5.48. The molecule has 0 bridgehead atoms. The van der Waals surface area contributed by atoms with Crippen LogP contribution in [0.3, 0.4) is 0 Å². The maximum Gasteiger partial charge on any atom is 0.256 e. The summed E-state index contributed by atoms with van der Waals surface area (Å²) in [5, 5.41) is 0. The van der Waals surface area contributed by atoms with Gasteiger partial charge in [0, 0.05) is 0 Å². The number of aromatic amines is 1. The highest BCUT2D eigenvalue weighted by Gasteiger charge is 2.24. The topological polar surface area (TPSA) is 97.8 Å². The number of anilines is 1. The fourth-order valence-electron chi connectivity index (χ4n) is 1.50. The summed E-state index contributed by atoms with van der Waals surface area (Å²) in [7, 11) is 0. The minimum atomic E-state index is -0.650. The first kappa shape index (κ1) is 12.7. The van der Waals surface area contributed by atoms with E-state index in [2.05, 4.69) is 9.97 Å². The third-order valence-electron chi connectivity index (χ3n) is 2.84. The number of hydrogen-bond acceptors (Lipinski definition) is 4. The number of nitrogens with one attached hydrogen (secondary N) is 1. The number of nitrogens with zero attached hydrogens (tertiary/aromatic N) is 1. The van der Waals surface area contributed by atoms with Crippen LogP contribution in [0.15, 0.2) is 4.79 Å². The fourth-order valence-corrected chi connectivity index (χ4v) is 1.50. The third kappa shape index (κ3) is 2.24. The number of rotatable bonds is 3. The molecule has 0 aliphatic rings. The molecule has 0 saturated heterocycles. The Labute approximate surface area is 95.3 Å². The Morgan fingerprint density at radius 2 is 2.06 bits per heavy atom. The normalized spacial score (nSPS) is 15.1. The van der Waals surface area contributed by atoms with Gasteiger partial charge in [-0.3, -0.25) is 4.79 Å². The standard InChI is InChI=1S/C11H20N4O/c1-5-11(4,13)10-14-8(12)7(6(2)3)9(16)15-10/h6H,5,13H2,1-4H3,(H3,12,14,15,16). The summed E-state index contributed by atoms with van der Waals surface area (Å²) in [5.74, 6) is 0.775. The molecule has 1 rings (SSSR count). The van der Waals surface area contributed by atoms with Crippen LogP contribution in [0.2, 0.25) is 0 Å². The SMILES string of the molecule is CCC(C)(N)c1nc(N)c(C(C)C)c(=O)[nH]1. The number of aromatic nitrogens is 2. The molecule has 1 aromatic heterocycles. The van der Waals surface area contributed by atoms with Crippen LogP contribution < -0.4 is 17.0 Å². The van der Waals surface area contributed by atoms with Crippen molar-refractivity contribution in [1.29, 1.82) is 0 Å². The van der Waals surface area contributed by atoms with Crippen molar-refractivity contribution in [3.05, 3.63) is 21.7 Å². The molecule has 1 aromatic rings. The quantitative estimate of drug-likeness (QED) is 0.715. The average Bonchev–Trinajstić information content (AvgIpc) is 2.15. The molecule has 0 fully saturated rings. The molecular weight excluding hydrogens is 204 g/mol. The van der Waals surface area contributed by atoms with Crippen LogP contribution in [0, 0.1) is 0 Å². The Morgan fingerprint density at radius 1 is 1.50 bits per heavy atom. The van der Waals surface area contributed by atoms with E-state index in [4.69, 9.17) is 11.5 Å². The lowest BCUT2D eigenvalue weighted by Gasteiger charge is -2.22. The van der Waals surface area contributed by atoms with Crippen molar-refractivity contribution < 1.29 is 0 Å². The first-order chi connectivity index (χ1) is 7.29. The maximum atomic E-state index is 11.8. The number of H-pyrrole nitrogens is 1. The lowest BCUT2D eigenvalue weighted by atomic mass is 9.98. The summed E-state index contributed by atoms with van der Waals surface area (Å²) < 4.78 is 0. The van der Waals surface area contributed by atoms with Gasteiger partial charge in [0.2, 0.25) is 0 Å².